The van der Waals surface area contributed by atoms with Gasteiger partial charge in [0.15, 0.2) is 0 Å². The zero-order valence-corrected chi connectivity index (χ0v) is 9.80. The molecule has 2 fully saturated rings. The first-order chi connectivity index (χ1) is 5.94. The van der Waals surface area contributed by atoms with Crippen LogP contribution in [-0.4, -0.2) is 0 Å². The van der Waals surface area contributed by atoms with E-state index < -0.39 is 0 Å². The first kappa shape index (κ1) is 9.55. The normalized spacial score (nSPS) is 53.8. The van der Waals surface area contributed by atoms with Crippen LogP contribution in [0.25, 0.3) is 0 Å². The van der Waals surface area contributed by atoms with Crippen molar-refractivity contribution in [2.75, 3.05) is 0 Å². The highest BCUT2D eigenvalue weighted by Crippen LogP contribution is 2.61. The summed E-state index contributed by atoms with van der Waals surface area (Å²) in [7, 11) is 0. The number of rotatable bonds is 0. The second kappa shape index (κ2) is 2.74. The first-order valence-electron chi connectivity index (χ1n) is 5.94. The maximum absolute atomic E-state index is 2.50. The quantitative estimate of drug-likeness (QED) is 0.529. The SMILES string of the molecule is CC1CC2C(C)C(C)C(C)(C)C2C1. The van der Waals surface area contributed by atoms with Gasteiger partial charge in [-0.05, 0) is 47.8 Å². The van der Waals surface area contributed by atoms with Crippen LogP contribution in [0.3, 0.4) is 0 Å². The minimum Gasteiger partial charge on any atom is -0.0625 e. The maximum Gasteiger partial charge on any atom is -0.0295 e. The van der Waals surface area contributed by atoms with Crippen molar-refractivity contribution in [1.29, 1.82) is 0 Å². The molecule has 0 heterocycles. The molecule has 5 atom stereocenters. The molecule has 0 aliphatic heterocycles. The molecule has 0 saturated heterocycles. The highest BCUT2D eigenvalue weighted by molar-refractivity contribution is 5.02. The Hall–Kier alpha value is 0. The lowest BCUT2D eigenvalue weighted by atomic mass is 9.74. The van der Waals surface area contributed by atoms with Crippen LogP contribution in [0.15, 0.2) is 0 Å². The number of hydrogen-bond acceptors (Lipinski definition) is 0. The van der Waals surface area contributed by atoms with Gasteiger partial charge in [-0.15, -0.1) is 0 Å². The summed E-state index contributed by atoms with van der Waals surface area (Å²) in [4.78, 5) is 0. The highest BCUT2D eigenvalue weighted by atomic mass is 14.6. The van der Waals surface area contributed by atoms with Crippen LogP contribution < -0.4 is 0 Å². The summed E-state index contributed by atoms with van der Waals surface area (Å²) < 4.78 is 0. The standard InChI is InChI=1S/C13H24/c1-8-6-11-9(2)10(3)13(4,5)12(11)7-8/h8-12H,6-7H2,1-5H3. The number of hydrogen-bond donors (Lipinski definition) is 0. The minimum atomic E-state index is 0.606. The average molecular weight is 180 g/mol. The van der Waals surface area contributed by atoms with Crippen LogP contribution >= 0.6 is 0 Å². The van der Waals surface area contributed by atoms with Gasteiger partial charge in [-0.25, -0.2) is 0 Å². The number of fused-ring (bicyclic) bond motifs is 1. The molecule has 2 saturated carbocycles. The molecular weight excluding hydrogens is 156 g/mol. The summed E-state index contributed by atoms with van der Waals surface area (Å²) in [6.07, 6.45) is 2.99. The van der Waals surface area contributed by atoms with Crippen LogP contribution in [0.5, 0.6) is 0 Å². The molecule has 0 heteroatoms. The molecule has 0 amide bonds. The molecule has 0 spiro atoms. The van der Waals surface area contributed by atoms with Crippen LogP contribution in [0.4, 0.5) is 0 Å². The Morgan fingerprint density at radius 3 is 2.15 bits per heavy atom. The topological polar surface area (TPSA) is 0 Å². The van der Waals surface area contributed by atoms with Crippen molar-refractivity contribution in [2.24, 2.45) is 35.0 Å². The van der Waals surface area contributed by atoms with Gasteiger partial charge in [0.2, 0.25) is 0 Å². The average Bonchev–Trinajstić information content (AvgIpc) is 2.49. The summed E-state index contributed by atoms with van der Waals surface area (Å²) in [6, 6.07) is 0. The second-order valence-corrected chi connectivity index (χ2v) is 6.32. The van der Waals surface area contributed by atoms with E-state index in [-0.39, 0.29) is 0 Å². The molecular formula is C13H24. The zero-order valence-electron chi connectivity index (χ0n) is 9.80. The summed E-state index contributed by atoms with van der Waals surface area (Å²) in [6.45, 7) is 12.4. The first-order valence-corrected chi connectivity index (χ1v) is 5.94. The highest BCUT2D eigenvalue weighted by Gasteiger charge is 2.54. The van der Waals surface area contributed by atoms with E-state index in [0.29, 0.717) is 5.41 Å². The van der Waals surface area contributed by atoms with Crippen LogP contribution in [0, 0.1) is 35.0 Å². The molecule has 76 valence electrons. The Morgan fingerprint density at radius 1 is 1.00 bits per heavy atom. The Kier molecular flexibility index (Phi) is 2.02. The van der Waals surface area contributed by atoms with E-state index in [1.807, 2.05) is 0 Å². The van der Waals surface area contributed by atoms with Crippen molar-refractivity contribution in [1.82, 2.24) is 0 Å². The predicted molar refractivity (Wildman–Crippen MR) is 57.5 cm³/mol. The predicted octanol–water partition coefficient (Wildman–Crippen LogP) is 3.96. The molecule has 2 rings (SSSR count). The monoisotopic (exact) mass is 180 g/mol. The molecule has 0 bridgehead atoms. The Morgan fingerprint density at radius 2 is 1.62 bits per heavy atom. The van der Waals surface area contributed by atoms with Crippen molar-refractivity contribution in [3.05, 3.63) is 0 Å². The third-order valence-corrected chi connectivity index (χ3v) is 5.44. The van der Waals surface area contributed by atoms with Gasteiger partial charge in [0, 0.05) is 0 Å². The molecule has 0 aromatic heterocycles. The molecule has 5 unspecified atom stereocenters. The molecule has 0 aromatic carbocycles. The van der Waals surface area contributed by atoms with Crippen molar-refractivity contribution in [2.45, 2.75) is 47.5 Å². The van der Waals surface area contributed by atoms with Crippen molar-refractivity contribution < 1.29 is 0 Å². The largest absolute Gasteiger partial charge is 0.0625 e. The van der Waals surface area contributed by atoms with Gasteiger partial charge in [-0.2, -0.15) is 0 Å². The maximum atomic E-state index is 2.50. The van der Waals surface area contributed by atoms with E-state index in [4.69, 9.17) is 0 Å². The van der Waals surface area contributed by atoms with E-state index in [1.54, 1.807) is 0 Å². The summed E-state index contributed by atoms with van der Waals surface area (Å²) >= 11 is 0. The van der Waals surface area contributed by atoms with Crippen molar-refractivity contribution in [3.8, 4) is 0 Å². The Balaban J connectivity index is 2.26. The van der Waals surface area contributed by atoms with E-state index in [2.05, 4.69) is 34.6 Å². The van der Waals surface area contributed by atoms with Crippen LogP contribution in [0.1, 0.15) is 47.5 Å². The van der Waals surface area contributed by atoms with Gasteiger partial charge in [0.05, 0.1) is 0 Å². The molecule has 0 aromatic rings. The van der Waals surface area contributed by atoms with E-state index >= 15 is 0 Å². The fourth-order valence-electron chi connectivity index (χ4n) is 4.16. The zero-order chi connectivity index (χ0) is 9.80. The van der Waals surface area contributed by atoms with Crippen LogP contribution in [-0.2, 0) is 0 Å². The molecule has 13 heavy (non-hydrogen) atoms. The van der Waals surface area contributed by atoms with Gasteiger partial charge in [-0.3, -0.25) is 0 Å². The van der Waals surface area contributed by atoms with E-state index in [0.717, 1.165) is 29.6 Å². The molecule has 0 radical (unpaired) electrons. The lowest BCUT2D eigenvalue weighted by Gasteiger charge is -2.31. The molecule has 2 aliphatic carbocycles. The fraction of sp³-hybridized carbons (Fsp3) is 1.00. The Labute approximate surface area is 83.1 Å². The van der Waals surface area contributed by atoms with Gasteiger partial charge < -0.3 is 0 Å². The minimum absolute atomic E-state index is 0.606. The Bertz CT molecular complexity index is 204. The smallest absolute Gasteiger partial charge is 0.0295 e. The summed E-state index contributed by atoms with van der Waals surface area (Å²) in [5, 5.41) is 0. The molecule has 0 N–H and O–H groups in total. The van der Waals surface area contributed by atoms with Gasteiger partial charge in [-0.1, -0.05) is 34.6 Å². The van der Waals surface area contributed by atoms with Crippen LogP contribution in [0.2, 0.25) is 0 Å². The van der Waals surface area contributed by atoms with Gasteiger partial charge >= 0.3 is 0 Å². The van der Waals surface area contributed by atoms with Crippen molar-refractivity contribution >= 4 is 0 Å². The second-order valence-electron chi connectivity index (χ2n) is 6.32. The van der Waals surface area contributed by atoms with Crippen molar-refractivity contribution in [3.63, 3.8) is 0 Å². The van der Waals surface area contributed by atoms with E-state index in [1.165, 1.54) is 12.8 Å². The van der Waals surface area contributed by atoms with Gasteiger partial charge in [0.25, 0.3) is 0 Å². The third kappa shape index (κ3) is 1.17. The third-order valence-electron chi connectivity index (χ3n) is 5.44. The van der Waals surface area contributed by atoms with Gasteiger partial charge in [0.1, 0.15) is 0 Å². The molecule has 0 nitrogen and oxygen atoms in total. The lowest BCUT2D eigenvalue weighted by molar-refractivity contribution is 0.176. The molecule has 2 aliphatic rings. The fourth-order valence-corrected chi connectivity index (χ4v) is 4.16. The van der Waals surface area contributed by atoms with E-state index in [9.17, 15) is 0 Å². The summed E-state index contributed by atoms with van der Waals surface area (Å²) in [5.41, 5.74) is 0.606. The lowest BCUT2D eigenvalue weighted by Crippen LogP contribution is -2.24. The summed E-state index contributed by atoms with van der Waals surface area (Å²) in [5.74, 6) is 4.94.